The van der Waals surface area contributed by atoms with Crippen molar-refractivity contribution >= 4 is 5.91 Å². The van der Waals surface area contributed by atoms with Crippen molar-refractivity contribution in [2.45, 2.75) is 45.2 Å². The van der Waals surface area contributed by atoms with Crippen molar-refractivity contribution < 1.29 is 13.9 Å². The summed E-state index contributed by atoms with van der Waals surface area (Å²) in [6.07, 6.45) is 0.461. The Morgan fingerprint density at radius 1 is 1.25 bits per heavy atom. The van der Waals surface area contributed by atoms with Crippen LogP contribution in [0.4, 0.5) is 4.39 Å². The van der Waals surface area contributed by atoms with Crippen LogP contribution in [0.5, 0.6) is 0 Å². The van der Waals surface area contributed by atoms with Crippen LogP contribution < -0.4 is 0 Å². The molecule has 1 heterocycles. The van der Waals surface area contributed by atoms with Crippen LogP contribution in [0.25, 0.3) is 0 Å². The Kier molecular flexibility index (Phi) is 6.75. The number of benzene rings is 1. The molecule has 24 heavy (non-hydrogen) atoms. The lowest BCUT2D eigenvalue weighted by Gasteiger charge is -2.44. The number of rotatable bonds is 6. The van der Waals surface area contributed by atoms with Gasteiger partial charge < -0.3 is 9.64 Å². The molecule has 134 valence electrons. The predicted octanol–water partition coefficient (Wildman–Crippen LogP) is 2.89. The van der Waals surface area contributed by atoms with Crippen LogP contribution >= 0.6 is 0 Å². The molecule has 1 amide bonds. The second-order valence-corrected chi connectivity index (χ2v) is 6.88. The van der Waals surface area contributed by atoms with Gasteiger partial charge in [-0.1, -0.05) is 19.1 Å². The molecule has 1 fully saturated rings. The van der Waals surface area contributed by atoms with E-state index >= 15 is 0 Å². The minimum absolute atomic E-state index is 0.0928. The van der Waals surface area contributed by atoms with Crippen LogP contribution in [0.1, 0.15) is 38.7 Å². The van der Waals surface area contributed by atoms with Crippen molar-refractivity contribution in [2.24, 2.45) is 0 Å². The van der Waals surface area contributed by atoms with Gasteiger partial charge in [0.15, 0.2) is 0 Å². The van der Waals surface area contributed by atoms with E-state index in [0.29, 0.717) is 25.1 Å². The molecule has 1 saturated heterocycles. The van der Waals surface area contributed by atoms with Gasteiger partial charge in [-0.25, -0.2) is 4.39 Å². The third-order valence-electron chi connectivity index (χ3n) is 4.93. The topological polar surface area (TPSA) is 32.8 Å². The van der Waals surface area contributed by atoms with Gasteiger partial charge in [-0.3, -0.25) is 9.69 Å². The summed E-state index contributed by atoms with van der Waals surface area (Å²) in [5.74, 6) is 0.0271. The van der Waals surface area contributed by atoms with E-state index in [4.69, 9.17) is 4.74 Å². The van der Waals surface area contributed by atoms with Crippen molar-refractivity contribution in [1.29, 1.82) is 0 Å². The van der Waals surface area contributed by atoms with Crippen LogP contribution in [0.3, 0.4) is 0 Å². The zero-order valence-electron chi connectivity index (χ0n) is 15.2. The van der Waals surface area contributed by atoms with Crippen LogP contribution in [-0.2, 0) is 9.53 Å². The molecule has 0 radical (unpaired) electrons. The molecule has 0 bridgehead atoms. The highest BCUT2D eigenvalue weighted by molar-refractivity contribution is 5.77. The summed E-state index contributed by atoms with van der Waals surface area (Å²) in [5, 5.41) is 0. The summed E-state index contributed by atoms with van der Waals surface area (Å²) < 4.78 is 18.2. The van der Waals surface area contributed by atoms with Gasteiger partial charge in [0.1, 0.15) is 5.82 Å². The van der Waals surface area contributed by atoms with Gasteiger partial charge in [-0.2, -0.15) is 0 Å². The number of hydrogen-bond donors (Lipinski definition) is 0. The van der Waals surface area contributed by atoms with Crippen molar-refractivity contribution in [1.82, 2.24) is 9.80 Å². The summed E-state index contributed by atoms with van der Waals surface area (Å²) in [4.78, 5) is 17.0. The number of carbonyl (C=O) groups excluding carboxylic acids is 1. The van der Waals surface area contributed by atoms with Gasteiger partial charge in [-0.15, -0.1) is 0 Å². The van der Waals surface area contributed by atoms with Gasteiger partial charge in [0.05, 0.1) is 6.61 Å². The number of halogens is 1. The molecule has 0 aromatic heterocycles. The van der Waals surface area contributed by atoms with Gasteiger partial charge in [0.2, 0.25) is 5.91 Å². The molecular formula is C19H29FN2O2. The van der Waals surface area contributed by atoms with E-state index < -0.39 is 0 Å². The molecule has 1 aliphatic heterocycles. The lowest BCUT2D eigenvalue weighted by Crippen LogP contribution is -2.58. The summed E-state index contributed by atoms with van der Waals surface area (Å²) in [7, 11) is 1.71. The third-order valence-corrected chi connectivity index (χ3v) is 4.93. The molecule has 2 rings (SSSR count). The molecule has 1 aliphatic rings. The van der Waals surface area contributed by atoms with Gasteiger partial charge in [-0.05, 0) is 37.5 Å². The largest absolute Gasteiger partial charge is 0.383 e. The molecule has 0 saturated carbocycles. The standard InChI is InChI=1S/C19H29FN2O2/c1-14(17-5-7-18(20)8-6-17)11-19(23)21-12-15(2)22(9-10-24-4)16(3)13-21/h5-8,14-16H,9-13H2,1-4H3. The van der Waals surface area contributed by atoms with Crippen molar-refractivity contribution in [3.8, 4) is 0 Å². The number of piperazine rings is 1. The average Bonchev–Trinajstić information content (AvgIpc) is 2.54. The monoisotopic (exact) mass is 336 g/mol. The maximum absolute atomic E-state index is 13.0. The van der Waals surface area contributed by atoms with Crippen molar-refractivity contribution in [3.05, 3.63) is 35.6 Å². The Balaban J connectivity index is 1.92. The maximum Gasteiger partial charge on any atom is 0.223 e. The second kappa shape index (κ2) is 8.58. The lowest BCUT2D eigenvalue weighted by molar-refractivity contribution is -0.136. The van der Waals surface area contributed by atoms with E-state index in [9.17, 15) is 9.18 Å². The van der Waals surface area contributed by atoms with E-state index in [1.807, 2.05) is 11.8 Å². The number of amides is 1. The number of hydrogen-bond acceptors (Lipinski definition) is 3. The van der Waals surface area contributed by atoms with E-state index in [-0.39, 0.29) is 17.6 Å². The highest BCUT2D eigenvalue weighted by Gasteiger charge is 2.31. The second-order valence-electron chi connectivity index (χ2n) is 6.88. The Hall–Kier alpha value is -1.46. The van der Waals surface area contributed by atoms with E-state index in [1.54, 1.807) is 19.2 Å². The summed E-state index contributed by atoms with van der Waals surface area (Å²) in [5.41, 5.74) is 1.00. The van der Waals surface area contributed by atoms with Gasteiger partial charge in [0.25, 0.3) is 0 Å². The van der Waals surface area contributed by atoms with Gasteiger partial charge >= 0.3 is 0 Å². The highest BCUT2D eigenvalue weighted by atomic mass is 19.1. The molecule has 0 spiro atoms. The highest BCUT2D eigenvalue weighted by Crippen LogP contribution is 2.22. The van der Waals surface area contributed by atoms with E-state index in [0.717, 1.165) is 25.2 Å². The summed E-state index contributed by atoms with van der Waals surface area (Å²) in [6, 6.07) is 7.09. The van der Waals surface area contributed by atoms with Crippen molar-refractivity contribution in [3.63, 3.8) is 0 Å². The summed E-state index contributed by atoms with van der Waals surface area (Å²) >= 11 is 0. The average molecular weight is 336 g/mol. The fraction of sp³-hybridized carbons (Fsp3) is 0.632. The van der Waals surface area contributed by atoms with E-state index in [2.05, 4.69) is 18.7 Å². The SMILES string of the molecule is COCCN1C(C)CN(C(=O)CC(C)c2ccc(F)cc2)CC1C. The predicted molar refractivity (Wildman–Crippen MR) is 93.5 cm³/mol. The van der Waals surface area contributed by atoms with Crippen LogP contribution in [0.15, 0.2) is 24.3 Å². The molecule has 4 nitrogen and oxygen atoms in total. The van der Waals surface area contributed by atoms with Gasteiger partial charge in [0, 0.05) is 45.2 Å². The fourth-order valence-electron chi connectivity index (χ4n) is 3.50. The van der Waals surface area contributed by atoms with Crippen LogP contribution in [0.2, 0.25) is 0 Å². The Morgan fingerprint density at radius 2 is 1.83 bits per heavy atom. The van der Waals surface area contributed by atoms with Crippen LogP contribution in [0, 0.1) is 5.82 Å². The minimum Gasteiger partial charge on any atom is -0.383 e. The molecule has 1 aromatic rings. The molecule has 0 aliphatic carbocycles. The molecule has 3 atom stereocenters. The normalized spacial score (nSPS) is 23.3. The molecular weight excluding hydrogens is 307 g/mol. The first-order valence-corrected chi connectivity index (χ1v) is 8.70. The quantitative estimate of drug-likeness (QED) is 0.801. The number of carbonyl (C=O) groups is 1. The third kappa shape index (κ3) is 4.77. The molecule has 3 unspecified atom stereocenters. The maximum atomic E-state index is 13.0. The molecule has 5 heteroatoms. The van der Waals surface area contributed by atoms with Crippen molar-refractivity contribution in [2.75, 3.05) is 33.4 Å². The first-order valence-electron chi connectivity index (χ1n) is 8.70. The minimum atomic E-state index is -0.243. The lowest BCUT2D eigenvalue weighted by atomic mass is 9.96. The first-order chi connectivity index (χ1) is 11.4. The fourth-order valence-corrected chi connectivity index (χ4v) is 3.50. The zero-order chi connectivity index (χ0) is 17.7. The molecule has 1 aromatic carbocycles. The Morgan fingerprint density at radius 3 is 2.38 bits per heavy atom. The smallest absolute Gasteiger partial charge is 0.223 e. The number of methoxy groups -OCH3 is 1. The Bertz CT molecular complexity index is 523. The summed E-state index contributed by atoms with van der Waals surface area (Å²) in [6.45, 7) is 9.46. The van der Waals surface area contributed by atoms with E-state index in [1.165, 1.54) is 12.1 Å². The zero-order valence-corrected chi connectivity index (χ0v) is 15.2. The molecule has 0 N–H and O–H groups in total. The number of nitrogens with zero attached hydrogens (tertiary/aromatic N) is 2. The first kappa shape index (κ1) is 18.9. The Labute approximate surface area is 144 Å². The number of ether oxygens (including phenoxy) is 1. The van der Waals surface area contributed by atoms with Crippen LogP contribution in [-0.4, -0.2) is 61.1 Å².